The van der Waals surface area contributed by atoms with Gasteiger partial charge in [0, 0.05) is 38.8 Å². The Morgan fingerprint density at radius 2 is 2.33 bits per heavy atom. The summed E-state index contributed by atoms with van der Waals surface area (Å²) in [7, 11) is 0. The molecule has 1 rings (SSSR count). The van der Waals surface area contributed by atoms with Crippen LogP contribution in [0.3, 0.4) is 0 Å². The van der Waals surface area contributed by atoms with Crippen molar-refractivity contribution in [3.8, 4) is 0 Å². The van der Waals surface area contributed by atoms with E-state index in [2.05, 4.69) is 13.0 Å². The molecule has 0 unspecified atom stereocenters. The van der Waals surface area contributed by atoms with Crippen molar-refractivity contribution in [1.29, 1.82) is 0 Å². The van der Waals surface area contributed by atoms with E-state index in [4.69, 9.17) is 0 Å². The van der Waals surface area contributed by atoms with Gasteiger partial charge in [-0.2, -0.15) is 30.3 Å². The van der Waals surface area contributed by atoms with Gasteiger partial charge in [-0.1, -0.05) is 13.3 Å². The monoisotopic (exact) mass is 238 g/mol. The van der Waals surface area contributed by atoms with Gasteiger partial charge >= 0.3 is 0 Å². The minimum Gasteiger partial charge on any atom is -0.401 e. The first-order valence-corrected chi connectivity index (χ1v) is 3.98. The Labute approximate surface area is 99.1 Å². The molecule has 0 spiro atoms. The van der Waals surface area contributed by atoms with E-state index in [1.807, 2.05) is 24.3 Å². The standard InChI is InChI=1S/C10H13O.Y/c1-2-6-10(11)9-7-4-3-5-8-9;/h3-4,7-8,10-11H,2,6H2,1H3;/q-1;/t10-;/m0./s1. The first-order valence-electron chi connectivity index (χ1n) is 3.98. The van der Waals surface area contributed by atoms with Crippen LogP contribution in [-0.2, 0) is 32.7 Å². The van der Waals surface area contributed by atoms with Gasteiger partial charge in [0.25, 0.3) is 0 Å². The molecule has 1 nitrogen and oxygen atoms in total. The van der Waals surface area contributed by atoms with Crippen molar-refractivity contribution in [2.75, 3.05) is 0 Å². The summed E-state index contributed by atoms with van der Waals surface area (Å²) in [6.45, 7) is 2.07. The number of aliphatic hydroxyl groups excluding tert-OH is 1. The van der Waals surface area contributed by atoms with Crippen LogP contribution in [0.25, 0.3) is 0 Å². The van der Waals surface area contributed by atoms with Gasteiger partial charge in [0.05, 0.1) is 0 Å². The SMILES string of the molecule is CCC[C@H](O)c1c[c-]ccc1.[Y]. The van der Waals surface area contributed by atoms with E-state index in [1.54, 1.807) is 0 Å². The molecule has 0 saturated carbocycles. The summed E-state index contributed by atoms with van der Waals surface area (Å²) in [5.74, 6) is 0. The van der Waals surface area contributed by atoms with Gasteiger partial charge in [-0.15, -0.1) is 5.56 Å². The van der Waals surface area contributed by atoms with E-state index in [1.165, 1.54) is 0 Å². The number of benzene rings is 1. The van der Waals surface area contributed by atoms with Crippen molar-refractivity contribution in [3.63, 3.8) is 0 Å². The Hall–Kier alpha value is 0.284. The van der Waals surface area contributed by atoms with Crippen LogP contribution in [0.4, 0.5) is 0 Å². The Balaban J connectivity index is 0.00000121. The Kier molecular flexibility index (Phi) is 6.92. The van der Waals surface area contributed by atoms with E-state index < -0.39 is 0 Å². The number of hydrogen-bond donors (Lipinski definition) is 1. The molecular weight excluding hydrogens is 225 g/mol. The molecule has 0 saturated heterocycles. The molecule has 0 aliphatic rings. The van der Waals surface area contributed by atoms with Crippen molar-refractivity contribution in [1.82, 2.24) is 0 Å². The first-order chi connectivity index (χ1) is 5.34. The smallest absolute Gasteiger partial charge is 0.0351 e. The van der Waals surface area contributed by atoms with Crippen LogP contribution >= 0.6 is 0 Å². The molecule has 0 aromatic heterocycles. The number of hydrogen-bond acceptors (Lipinski definition) is 1. The Bertz CT molecular complexity index is 198. The summed E-state index contributed by atoms with van der Waals surface area (Å²) in [6.07, 6.45) is 1.53. The molecule has 1 aromatic rings. The minimum atomic E-state index is -0.308. The van der Waals surface area contributed by atoms with E-state index >= 15 is 0 Å². The molecule has 0 aliphatic carbocycles. The fraction of sp³-hybridized carbons (Fsp3) is 0.400. The Morgan fingerprint density at radius 1 is 1.58 bits per heavy atom. The fourth-order valence-electron chi connectivity index (χ4n) is 1.05. The van der Waals surface area contributed by atoms with Gasteiger partial charge in [-0.3, -0.25) is 0 Å². The van der Waals surface area contributed by atoms with Crippen LogP contribution < -0.4 is 0 Å². The topological polar surface area (TPSA) is 20.2 Å². The van der Waals surface area contributed by atoms with Crippen molar-refractivity contribution in [2.45, 2.75) is 25.9 Å². The summed E-state index contributed by atoms with van der Waals surface area (Å²) in [6, 6.07) is 10.4. The normalized spacial score (nSPS) is 11.8. The van der Waals surface area contributed by atoms with E-state index in [0.717, 1.165) is 18.4 Å². The molecular formula is C10H13OY-. The maximum atomic E-state index is 9.50. The largest absolute Gasteiger partial charge is 0.401 e. The Morgan fingerprint density at radius 3 is 2.83 bits per heavy atom. The zero-order chi connectivity index (χ0) is 8.10. The fourth-order valence-corrected chi connectivity index (χ4v) is 1.05. The summed E-state index contributed by atoms with van der Waals surface area (Å²) < 4.78 is 0. The minimum absolute atomic E-state index is 0. The maximum Gasteiger partial charge on any atom is 0.0351 e. The molecule has 0 bridgehead atoms. The molecule has 0 fully saturated rings. The zero-order valence-corrected chi connectivity index (χ0v) is 10.2. The molecule has 1 aromatic carbocycles. The molecule has 2 heteroatoms. The quantitative estimate of drug-likeness (QED) is 0.801. The second-order valence-electron chi connectivity index (χ2n) is 2.64. The van der Waals surface area contributed by atoms with Gasteiger partial charge in [0.2, 0.25) is 0 Å². The third-order valence-corrected chi connectivity index (χ3v) is 1.68. The average molecular weight is 238 g/mol. The van der Waals surface area contributed by atoms with Crippen LogP contribution in [-0.4, -0.2) is 5.11 Å². The molecule has 0 aliphatic heterocycles. The van der Waals surface area contributed by atoms with Gasteiger partial charge in [0.15, 0.2) is 0 Å². The third kappa shape index (κ3) is 3.79. The third-order valence-electron chi connectivity index (χ3n) is 1.68. The van der Waals surface area contributed by atoms with E-state index in [0.29, 0.717) is 0 Å². The molecule has 1 N–H and O–H groups in total. The van der Waals surface area contributed by atoms with E-state index in [9.17, 15) is 5.11 Å². The zero-order valence-electron chi connectivity index (χ0n) is 7.33. The van der Waals surface area contributed by atoms with Crippen LogP contribution in [0.5, 0.6) is 0 Å². The predicted molar refractivity (Wildman–Crippen MR) is 45.1 cm³/mol. The average Bonchev–Trinajstić information content (AvgIpc) is 2.07. The first kappa shape index (κ1) is 12.3. The molecule has 1 atom stereocenters. The van der Waals surface area contributed by atoms with Gasteiger partial charge in [-0.25, -0.2) is 0 Å². The van der Waals surface area contributed by atoms with Crippen molar-refractivity contribution in [3.05, 3.63) is 35.9 Å². The predicted octanol–water partition coefficient (Wildman–Crippen LogP) is 2.32. The van der Waals surface area contributed by atoms with E-state index in [-0.39, 0.29) is 38.8 Å². The van der Waals surface area contributed by atoms with Crippen molar-refractivity contribution < 1.29 is 37.8 Å². The van der Waals surface area contributed by atoms with Crippen LogP contribution in [0.2, 0.25) is 0 Å². The van der Waals surface area contributed by atoms with Gasteiger partial charge < -0.3 is 5.11 Å². The number of rotatable bonds is 3. The summed E-state index contributed by atoms with van der Waals surface area (Å²) in [4.78, 5) is 0. The van der Waals surface area contributed by atoms with Crippen molar-refractivity contribution >= 4 is 0 Å². The summed E-state index contributed by atoms with van der Waals surface area (Å²) >= 11 is 0. The number of aliphatic hydroxyl groups is 1. The summed E-state index contributed by atoms with van der Waals surface area (Å²) in [5, 5.41) is 9.50. The second-order valence-corrected chi connectivity index (χ2v) is 2.64. The van der Waals surface area contributed by atoms with Gasteiger partial charge in [-0.05, 0) is 6.42 Å². The molecule has 1 radical (unpaired) electrons. The van der Waals surface area contributed by atoms with Gasteiger partial charge in [0.1, 0.15) is 0 Å². The summed E-state index contributed by atoms with van der Waals surface area (Å²) in [5.41, 5.74) is 0.967. The molecule has 0 amide bonds. The van der Waals surface area contributed by atoms with Crippen LogP contribution in [0.1, 0.15) is 31.4 Å². The molecule has 12 heavy (non-hydrogen) atoms. The van der Waals surface area contributed by atoms with Crippen LogP contribution in [0, 0.1) is 6.07 Å². The van der Waals surface area contributed by atoms with Crippen LogP contribution in [0.15, 0.2) is 24.3 Å². The molecule has 63 valence electrons. The molecule has 0 heterocycles. The second kappa shape index (κ2) is 6.76. The van der Waals surface area contributed by atoms with Crippen molar-refractivity contribution in [2.24, 2.45) is 0 Å². The maximum absolute atomic E-state index is 9.50.